The number of Topliss-reactive ketones (excluding diaryl/α,β-unsaturated/α-hetero) is 1. The molecule has 6 nitrogen and oxygen atoms in total. The fourth-order valence-corrected chi connectivity index (χ4v) is 3.75. The Balaban J connectivity index is 1.60. The van der Waals surface area contributed by atoms with Gasteiger partial charge in [-0.2, -0.15) is 0 Å². The van der Waals surface area contributed by atoms with Crippen molar-refractivity contribution in [1.29, 1.82) is 0 Å². The molecule has 2 heterocycles. The summed E-state index contributed by atoms with van der Waals surface area (Å²) in [6, 6.07) is 5.37. The molecule has 148 valence electrons. The summed E-state index contributed by atoms with van der Waals surface area (Å²) in [7, 11) is 0. The van der Waals surface area contributed by atoms with E-state index in [0.717, 1.165) is 0 Å². The van der Waals surface area contributed by atoms with Crippen molar-refractivity contribution in [2.24, 2.45) is 0 Å². The van der Waals surface area contributed by atoms with Crippen LogP contribution in [0.15, 0.2) is 24.3 Å². The van der Waals surface area contributed by atoms with E-state index in [4.69, 9.17) is 0 Å². The van der Waals surface area contributed by atoms with Crippen molar-refractivity contribution in [1.82, 2.24) is 15.2 Å². The summed E-state index contributed by atoms with van der Waals surface area (Å²) in [6.45, 7) is 6.09. The van der Waals surface area contributed by atoms with Gasteiger partial charge in [0.1, 0.15) is 11.5 Å². The quantitative estimate of drug-likeness (QED) is 0.794. The molecule has 1 aromatic carbocycles. The molecule has 0 bridgehead atoms. The van der Waals surface area contributed by atoms with Crippen LogP contribution >= 0.6 is 0 Å². The highest BCUT2D eigenvalue weighted by Gasteiger charge is 2.28. The first-order valence-corrected chi connectivity index (χ1v) is 9.33. The highest BCUT2D eigenvalue weighted by Crippen LogP contribution is 2.22. The number of aromatic nitrogens is 1. The molecule has 0 unspecified atom stereocenters. The minimum absolute atomic E-state index is 0.0409. The summed E-state index contributed by atoms with van der Waals surface area (Å²) in [5, 5.41) is 2.94. The number of hydrogen-bond acceptors (Lipinski definition) is 3. The molecule has 2 amide bonds. The lowest BCUT2D eigenvalue weighted by Crippen LogP contribution is -2.46. The largest absolute Gasteiger partial charge is 0.354 e. The molecular weight excluding hydrogens is 361 g/mol. The number of carbonyl (C=O) groups is 3. The maximum atomic E-state index is 13.0. The number of piperidine rings is 1. The molecule has 0 spiro atoms. The predicted octanol–water partition coefficient (Wildman–Crippen LogP) is 3.01. The van der Waals surface area contributed by atoms with Crippen LogP contribution in [0.1, 0.15) is 62.2 Å². The summed E-state index contributed by atoms with van der Waals surface area (Å²) in [4.78, 5) is 41.7. The topological polar surface area (TPSA) is 82.3 Å². The standard InChI is InChI=1S/C21H24FN3O3/c1-12-18(14(3)26)13(2)23-19(12)21(28)25-10-8-17(9-11-25)24-20(27)15-4-6-16(22)7-5-15/h4-7,17,23H,8-11H2,1-3H3,(H,24,27). The van der Waals surface area contributed by atoms with Crippen LogP contribution in [0, 0.1) is 19.7 Å². The lowest BCUT2D eigenvalue weighted by Gasteiger charge is -2.32. The normalized spacial score (nSPS) is 14.8. The van der Waals surface area contributed by atoms with Crippen molar-refractivity contribution in [3.63, 3.8) is 0 Å². The number of benzene rings is 1. The number of amides is 2. The van der Waals surface area contributed by atoms with Gasteiger partial charge in [0.05, 0.1) is 0 Å². The molecule has 1 aliphatic rings. The van der Waals surface area contributed by atoms with Gasteiger partial charge in [0.25, 0.3) is 11.8 Å². The van der Waals surface area contributed by atoms with Crippen LogP contribution in [0.4, 0.5) is 4.39 Å². The SMILES string of the molecule is CC(=O)c1c(C)[nH]c(C(=O)N2CCC(NC(=O)c3ccc(F)cc3)CC2)c1C. The van der Waals surface area contributed by atoms with E-state index in [-0.39, 0.29) is 29.5 Å². The molecule has 7 heteroatoms. The molecule has 1 saturated heterocycles. The molecule has 3 rings (SSSR count). The second kappa shape index (κ2) is 7.96. The van der Waals surface area contributed by atoms with Crippen LogP contribution in [0.2, 0.25) is 0 Å². The third kappa shape index (κ3) is 3.98. The third-order valence-corrected chi connectivity index (χ3v) is 5.23. The number of likely N-dealkylation sites (tertiary alicyclic amines) is 1. The highest BCUT2D eigenvalue weighted by molar-refractivity contribution is 6.02. The first kappa shape index (κ1) is 19.8. The summed E-state index contributed by atoms with van der Waals surface area (Å²) >= 11 is 0. The van der Waals surface area contributed by atoms with Gasteiger partial charge in [-0.1, -0.05) is 0 Å². The first-order chi connectivity index (χ1) is 13.3. The van der Waals surface area contributed by atoms with Crippen LogP contribution in [0.3, 0.4) is 0 Å². The van der Waals surface area contributed by atoms with Gasteiger partial charge in [-0.15, -0.1) is 0 Å². The van der Waals surface area contributed by atoms with E-state index in [1.165, 1.54) is 31.2 Å². The van der Waals surface area contributed by atoms with Gasteiger partial charge in [0, 0.05) is 36.0 Å². The number of ketones is 1. The Morgan fingerprint density at radius 1 is 1.11 bits per heavy atom. The number of hydrogen-bond donors (Lipinski definition) is 2. The van der Waals surface area contributed by atoms with Crippen LogP contribution in [0.5, 0.6) is 0 Å². The van der Waals surface area contributed by atoms with Gasteiger partial charge in [-0.05, 0) is 63.4 Å². The van der Waals surface area contributed by atoms with Crippen LogP contribution in [-0.2, 0) is 0 Å². The molecule has 2 N–H and O–H groups in total. The zero-order valence-electron chi connectivity index (χ0n) is 16.3. The van der Waals surface area contributed by atoms with E-state index >= 15 is 0 Å². The van der Waals surface area contributed by atoms with E-state index in [2.05, 4.69) is 10.3 Å². The fraction of sp³-hybridized carbons (Fsp3) is 0.381. The minimum Gasteiger partial charge on any atom is -0.354 e. The molecule has 0 saturated carbocycles. The molecule has 0 radical (unpaired) electrons. The van der Waals surface area contributed by atoms with E-state index in [1.807, 2.05) is 0 Å². The van der Waals surface area contributed by atoms with Crippen LogP contribution in [-0.4, -0.2) is 46.6 Å². The van der Waals surface area contributed by atoms with E-state index in [9.17, 15) is 18.8 Å². The lowest BCUT2D eigenvalue weighted by molar-refractivity contribution is 0.0692. The predicted molar refractivity (Wildman–Crippen MR) is 103 cm³/mol. The van der Waals surface area contributed by atoms with Crippen molar-refractivity contribution in [3.05, 3.63) is 58.2 Å². The van der Waals surface area contributed by atoms with E-state index in [0.29, 0.717) is 54.0 Å². The number of H-pyrrole nitrogens is 1. The van der Waals surface area contributed by atoms with Gasteiger partial charge in [-0.25, -0.2) is 4.39 Å². The molecule has 1 aliphatic heterocycles. The Kier molecular flexibility index (Phi) is 5.63. The first-order valence-electron chi connectivity index (χ1n) is 9.33. The fourth-order valence-electron chi connectivity index (χ4n) is 3.75. The third-order valence-electron chi connectivity index (χ3n) is 5.23. The Morgan fingerprint density at radius 3 is 2.25 bits per heavy atom. The van der Waals surface area contributed by atoms with Crippen LogP contribution in [0.25, 0.3) is 0 Å². The number of halogens is 1. The van der Waals surface area contributed by atoms with Crippen molar-refractivity contribution >= 4 is 17.6 Å². The maximum Gasteiger partial charge on any atom is 0.270 e. The molecule has 0 aliphatic carbocycles. The summed E-state index contributed by atoms with van der Waals surface area (Å²) in [6.07, 6.45) is 1.27. The second-order valence-corrected chi connectivity index (χ2v) is 7.23. The zero-order chi connectivity index (χ0) is 20.4. The Bertz CT molecular complexity index is 910. The number of nitrogens with zero attached hydrogens (tertiary/aromatic N) is 1. The van der Waals surface area contributed by atoms with Gasteiger partial charge in [-0.3, -0.25) is 14.4 Å². The number of aryl methyl sites for hydroxylation is 1. The molecular formula is C21H24FN3O3. The van der Waals surface area contributed by atoms with E-state index < -0.39 is 0 Å². The molecule has 1 fully saturated rings. The molecule has 0 atom stereocenters. The van der Waals surface area contributed by atoms with Gasteiger partial charge in [0.2, 0.25) is 0 Å². The Morgan fingerprint density at radius 2 is 1.71 bits per heavy atom. The molecule has 28 heavy (non-hydrogen) atoms. The highest BCUT2D eigenvalue weighted by atomic mass is 19.1. The maximum absolute atomic E-state index is 13.0. The van der Waals surface area contributed by atoms with Crippen molar-refractivity contribution in [3.8, 4) is 0 Å². The second-order valence-electron chi connectivity index (χ2n) is 7.23. The smallest absolute Gasteiger partial charge is 0.270 e. The Hall–Kier alpha value is -2.96. The summed E-state index contributed by atoms with van der Waals surface area (Å²) in [5.41, 5.74) is 2.83. The van der Waals surface area contributed by atoms with Crippen molar-refractivity contribution < 1.29 is 18.8 Å². The van der Waals surface area contributed by atoms with Crippen LogP contribution < -0.4 is 5.32 Å². The minimum atomic E-state index is -0.383. The zero-order valence-corrected chi connectivity index (χ0v) is 16.3. The van der Waals surface area contributed by atoms with Gasteiger partial charge < -0.3 is 15.2 Å². The number of aromatic amines is 1. The summed E-state index contributed by atoms with van der Waals surface area (Å²) < 4.78 is 13.0. The average molecular weight is 385 g/mol. The van der Waals surface area contributed by atoms with Gasteiger partial charge >= 0.3 is 0 Å². The molecule has 2 aromatic rings. The lowest BCUT2D eigenvalue weighted by atomic mass is 10.0. The van der Waals surface area contributed by atoms with Crippen molar-refractivity contribution in [2.75, 3.05) is 13.1 Å². The number of rotatable bonds is 4. The van der Waals surface area contributed by atoms with Crippen molar-refractivity contribution in [2.45, 2.75) is 39.7 Å². The average Bonchev–Trinajstić information content (AvgIpc) is 2.96. The Labute approximate surface area is 163 Å². The van der Waals surface area contributed by atoms with E-state index in [1.54, 1.807) is 18.7 Å². The number of carbonyl (C=O) groups excluding carboxylic acids is 3. The summed E-state index contributed by atoms with van der Waals surface area (Å²) in [5.74, 6) is -0.818. The molecule has 1 aromatic heterocycles. The van der Waals surface area contributed by atoms with Gasteiger partial charge in [0.15, 0.2) is 5.78 Å². The monoisotopic (exact) mass is 385 g/mol. The number of nitrogens with one attached hydrogen (secondary N) is 2.